The van der Waals surface area contributed by atoms with Crippen LogP contribution < -0.4 is 0 Å². The predicted molar refractivity (Wildman–Crippen MR) is 80.0 cm³/mol. The van der Waals surface area contributed by atoms with E-state index in [1.165, 1.54) is 12.1 Å². The first-order valence-corrected chi connectivity index (χ1v) is 6.77. The van der Waals surface area contributed by atoms with Crippen LogP contribution in [0.1, 0.15) is 0 Å². The molecule has 6 heteroatoms. The van der Waals surface area contributed by atoms with Gasteiger partial charge in [-0.25, -0.2) is 14.4 Å². The molecule has 0 aliphatic carbocycles. The van der Waals surface area contributed by atoms with Crippen LogP contribution in [-0.4, -0.2) is 9.97 Å². The molecule has 2 aromatic carbocycles. The molecule has 2 nitrogen and oxygen atoms in total. The van der Waals surface area contributed by atoms with Crippen LogP contribution in [0.25, 0.3) is 22.3 Å². The monoisotopic (exact) mass is 326 g/mol. The van der Waals surface area contributed by atoms with Gasteiger partial charge in [0.1, 0.15) is 5.15 Å². The molecule has 1 heterocycles. The van der Waals surface area contributed by atoms with E-state index in [-0.39, 0.29) is 21.6 Å². The lowest BCUT2D eigenvalue weighted by molar-refractivity contribution is 0.630. The molecule has 0 atom stereocenters. The quantitative estimate of drug-likeness (QED) is 0.560. The van der Waals surface area contributed by atoms with Gasteiger partial charge in [-0.2, -0.15) is 0 Å². The van der Waals surface area contributed by atoms with Gasteiger partial charge in [-0.15, -0.1) is 0 Å². The highest BCUT2D eigenvalue weighted by molar-refractivity contribution is 6.38. The summed E-state index contributed by atoms with van der Waals surface area (Å²) in [6.07, 6.45) is 0. The Kier molecular flexibility index (Phi) is 3.50. The van der Waals surface area contributed by atoms with Gasteiger partial charge < -0.3 is 0 Å². The molecule has 0 radical (unpaired) electrons. The lowest BCUT2D eigenvalue weighted by atomic mass is 10.2. The molecule has 0 N–H and O–H groups in total. The average Bonchev–Trinajstić information content (AvgIpc) is 2.43. The Labute approximate surface area is 129 Å². The summed E-state index contributed by atoms with van der Waals surface area (Å²) in [5.74, 6) is -0.438. The van der Waals surface area contributed by atoms with E-state index in [4.69, 9.17) is 34.8 Å². The van der Waals surface area contributed by atoms with Crippen molar-refractivity contribution >= 4 is 45.7 Å². The van der Waals surface area contributed by atoms with E-state index < -0.39 is 5.82 Å². The van der Waals surface area contributed by atoms with Gasteiger partial charge in [-0.05, 0) is 24.3 Å². The van der Waals surface area contributed by atoms with E-state index in [0.29, 0.717) is 15.9 Å². The number of halogens is 4. The van der Waals surface area contributed by atoms with E-state index in [1.54, 1.807) is 24.3 Å². The maximum atomic E-state index is 14.0. The van der Waals surface area contributed by atoms with Crippen molar-refractivity contribution in [1.82, 2.24) is 9.97 Å². The van der Waals surface area contributed by atoms with E-state index >= 15 is 0 Å². The maximum absolute atomic E-state index is 14.0. The lowest BCUT2D eigenvalue weighted by Gasteiger charge is -2.07. The maximum Gasteiger partial charge on any atom is 0.164 e. The fourth-order valence-electron chi connectivity index (χ4n) is 1.88. The van der Waals surface area contributed by atoms with E-state index in [0.717, 1.165) is 0 Å². The second kappa shape index (κ2) is 5.17. The first-order valence-electron chi connectivity index (χ1n) is 5.64. The molecule has 0 aliphatic heterocycles. The molecular weight excluding hydrogens is 322 g/mol. The van der Waals surface area contributed by atoms with Crippen molar-refractivity contribution in [2.24, 2.45) is 0 Å². The van der Waals surface area contributed by atoms with Crippen LogP contribution in [0.2, 0.25) is 15.2 Å². The zero-order valence-electron chi connectivity index (χ0n) is 9.87. The van der Waals surface area contributed by atoms with Crippen molar-refractivity contribution in [2.75, 3.05) is 0 Å². The van der Waals surface area contributed by atoms with Gasteiger partial charge in [-0.1, -0.05) is 46.9 Å². The molecule has 0 unspecified atom stereocenters. The second-order valence-electron chi connectivity index (χ2n) is 4.08. The third-order valence-electron chi connectivity index (χ3n) is 2.82. The Morgan fingerprint density at radius 1 is 0.850 bits per heavy atom. The van der Waals surface area contributed by atoms with Crippen LogP contribution in [0.5, 0.6) is 0 Å². The van der Waals surface area contributed by atoms with Crippen LogP contribution in [-0.2, 0) is 0 Å². The van der Waals surface area contributed by atoms with E-state index in [9.17, 15) is 4.39 Å². The van der Waals surface area contributed by atoms with Crippen molar-refractivity contribution in [3.63, 3.8) is 0 Å². The molecule has 0 fully saturated rings. The fraction of sp³-hybridized carbons (Fsp3) is 0. The summed E-state index contributed by atoms with van der Waals surface area (Å²) < 4.78 is 14.0. The molecule has 1 aromatic heterocycles. The highest BCUT2D eigenvalue weighted by Gasteiger charge is 2.14. The number of hydrogen-bond donors (Lipinski definition) is 0. The Balaban J connectivity index is 2.33. The van der Waals surface area contributed by atoms with Gasteiger partial charge in [0.15, 0.2) is 11.6 Å². The topological polar surface area (TPSA) is 25.8 Å². The highest BCUT2D eigenvalue weighted by atomic mass is 35.5. The van der Waals surface area contributed by atoms with E-state index in [2.05, 4.69) is 9.97 Å². The van der Waals surface area contributed by atoms with Crippen LogP contribution >= 0.6 is 34.8 Å². The Hall–Kier alpha value is -1.42. The molecular formula is C14H6Cl3FN2. The number of hydrogen-bond acceptors (Lipinski definition) is 2. The molecule has 0 spiro atoms. The van der Waals surface area contributed by atoms with Gasteiger partial charge >= 0.3 is 0 Å². The zero-order chi connectivity index (χ0) is 14.3. The van der Waals surface area contributed by atoms with Crippen LogP contribution in [0.4, 0.5) is 4.39 Å². The smallest absolute Gasteiger partial charge is 0.164 e. The number of aromatic nitrogens is 2. The average molecular weight is 328 g/mol. The van der Waals surface area contributed by atoms with Gasteiger partial charge in [0, 0.05) is 5.39 Å². The summed E-state index contributed by atoms with van der Waals surface area (Å²) in [5.41, 5.74) is 0.657. The number of fused-ring (bicyclic) bond motifs is 1. The minimum absolute atomic E-state index is 0.00137. The molecule has 0 saturated carbocycles. The Bertz CT molecular complexity index is 821. The van der Waals surface area contributed by atoms with Crippen LogP contribution in [0, 0.1) is 5.82 Å². The van der Waals surface area contributed by atoms with Gasteiger partial charge in [0.05, 0.1) is 21.1 Å². The third kappa shape index (κ3) is 2.22. The van der Waals surface area contributed by atoms with Crippen molar-refractivity contribution in [1.29, 1.82) is 0 Å². The molecule has 3 aromatic rings. The molecule has 20 heavy (non-hydrogen) atoms. The largest absolute Gasteiger partial charge is 0.226 e. The minimum atomic E-state index is -0.586. The number of rotatable bonds is 1. The van der Waals surface area contributed by atoms with Gasteiger partial charge in [0.25, 0.3) is 0 Å². The molecule has 100 valence electrons. The zero-order valence-corrected chi connectivity index (χ0v) is 12.1. The van der Waals surface area contributed by atoms with Crippen molar-refractivity contribution in [2.45, 2.75) is 0 Å². The van der Waals surface area contributed by atoms with Gasteiger partial charge in [0.2, 0.25) is 0 Å². The fourth-order valence-corrected chi connectivity index (χ4v) is 2.50. The van der Waals surface area contributed by atoms with Crippen molar-refractivity contribution in [3.8, 4) is 11.4 Å². The molecule has 3 rings (SSSR count). The molecule has 0 saturated heterocycles. The lowest BCUT2D eigenvalue weighted by Crippen LogP contribution is -1.95. The Morgan fingerprint density at radius 3 is 2.35 bits per heavy atom. The summed E-state index contributed by atoms with van der Waals surface area (Å²) in [6.45, 7) is 0. The summed E-state index contributed by atoms with van der Waals surface area (Å²) in [7, 11) is 0. The highest BCUT2D eigenvalue weighted by Crippen LogP contribution is 2.31. The molecule has 0 amide bonds. The minimum Gasteiger partial charge on any atom is -0.226 e. The summed E-state index contributed by atoms with van der Waals surface area (Å²) >= 11 is 18.0. The summed E-state index contributed by atoms with van der Waals surface area (Å²) in [4.78, 5) is 8.39. The number of nitrogens with zero attached hydrogens (tertiary/aromatic N) is 2. The van der Waals surface area contributed by atoms with E-state index in [1.807, 2.05) is 0 Å². The van der Waals surface area contributed by atoms with Crippen molar-refractivity contribution < 1.29 is 4.39 Å². The first kappa shape index (κ1) is 13.6. The van der Waals surface area contributed by atoms with Crippen molar-refractivity contribution in [3.05, 3.63) is 57.4 Å². The predicted octanol–water partition coefficient (Wildman–Crippen LogP) is 5.40. The number of benzene rings is 2. The molecule has 0 bridgehead atoms. The molecule has 0 aliphatic rings. The first-order chi connectivity index (χ1) is 9.58. The SMILES string of the molecule is Fc1c(Cl)cccc1-c1nc(Cl)c2cccc(Cl)c2n1. The van der Waals surface area contributed by atoms with Gasteiger partial charge in [-0.3, -0.25) is 0 Å². The normalized spacial score (nSPS) is 11.0. The standard InChI is InChI=1S/C14H6Cl3FN2/c15-9-5-1-3-7(11(9)18)14-19-12-8(13(17)20-14)4-2-6-10(12)16/h1-6H. The summed E-state index contributed by atoms with van der Waals surface area (Å²) in [5, 5.41) is 1.26. The van der Waals surface area contributed by atoms with Crippen LogP contribution in [0.15, 0.2) is 36.4 Å². The Morgan fingerprint density at radius 2 is 1.55 bits per heavy atom. The number of para-hydroxylation sites is 1. The van der Waals surface area contributed by atoms with Crippen LogP contribution in [0.3, 0.4) is 0 Å². The summed E-state index contributed by atoms with van der Waals surface area (Å²) in [6, 6.07) is 9.80. The third-order valence-corrected chi connectivity index (χ3v) is 3.71. The second-order valence-corrected chi connectivity index (χ2v) is 5.25.